The summed E-state index contributed by atoms with van der Waals surface area (Å²) in [5.41, 5.74) is 7.27. The van der Waals surface area contributed by atoms with Gasteiger partial charge in [-0.15, -0.1) is 0 Å². The number of nitrogens with zero attached hydrogens (tertiary/aromatic N) is 1. The second kappa shape index (κ2) is 5.25. The number of ether oxygens (including phenoxy) is 1. The number of hydrogen-bond donors (Lipinski definition) is 2. The molecule has 0 bridgehead atoms. The van der Waals surface area contributed by atoms with Crippen molar-refractivity contribution < 1.29 is 14.6 Å². The number of aliphatic imine (C=N–C) groups is 1. The van der Waals surface area contributed by atoms with Crippen LogP contribution in [-0.2, 0) is 9.53 Å². The fourth-order valence-electron chi connectivity index (χ4n) is 2.34. The third-order valence-electron chi connectivity index (χ3n) is 3.22. The van der Waals surface area contributed by atoms with Gasteiger partial charge in [-0.25, -0.2) is 9.79 Å². The zero-order chi connectivity index (χ0) is 13.1. The van der Waals surface area contributed by atoms with Crippen LogP contribution in [0.15, 0.2) is 27.6 Å². The maximum atomic E-state index is 11.7. The van der Waals surface area contributed by atoms with Crippen LogP contribution in [0, 0.1) is 0 Å². The second-order valence-corrected chi connectivity index (χ2v) is 4.45. The van der Waals surface area contributed by atoms with Gasteiger partial charge in [-0.2, -0.15) is 0 Å². The largest absolute Gasteiger partial charge is 0.505 e. The molecule has 5 heteroatoms. The van der Waals surface area contributed by atoms with Crippen molar-refractivity contribution in [3.05, 3.63) is 22.6 Å². The fraction of sp³-hybridized carbons (Fsp3) is 0.538. The van der Waals surface area contributed by atoms with Crippen LogP contribution in [-0.4, -0.2) is 23.5 Å². The van der Waals surface area contributed by atoms with E-state index in [9.17, 15) is 9.90 Å². The maximum Gasteiger partial charge on any atom is 0.345 e. The highest BCUT2D eigenvalue weighted by atomic mass is 16.5. The van der Waals surface area contributed by atoms with Gasteiger partial charge in [0.15, 0.2) is 5.76 Å². The fourth-order valence-corrected chi connectivity index (χ4v) is 2.34. The lowest BCUT2D eigenvalue weighted by molar-refractivity contribution is -0.138. The number of hydrogen-bond acceptors (Lipinski definition) is 5. The quantitative estimate of drug-likeness (QED) is 0.733. The smallest absolute Gasteiger partial charge is 0.345 e. The van der Waals surface area contributed by atoms with Crippen molar-refractivity contribution >= 4 is 11.8 Å². The predicted octanol–water partition coefficient (Wildman–Crippen LogP) is 1.95. The topological polar surface area (TPSA) is 84.9 Å². The summed E-state index contributed by atoms with van der Waals surface area (Å²) in [6.07, 6.45) is 5.20. The van der Waals surface area contributed by atoms with E-state index in [1.807, 2.05) is 0 Å². The molecular weight excluding hydrogens is 232 g/mol. The molecule has 2 rings (SSSR count). The Morgan fingerprint density at radius 1 is 1.39 bits per heavy atom. The van der Waals surface area contributed by atoms with Crippen LogP contribution in [0.2, 0.25) is 0 Å². The van der Waals surface area contributed by atoms with Gasteiger partial charge < -0.3 is 15.6 Å². The Morgan fingerprint density at radius 3 is 2.67 bits per heavy atom. The number of allylic oxidation sites excluding steroid dienone is 1. The first-order valence-corrected chi connectivity index (χ1v) is 6.32. The Kier molecular flexibility index (Phi) is 3.69. The molecule has 0 aromatic carbocycles. The van der Waals surface area contributed by atoms with Gasteiger partial charge in [0.05, 0.1) is 6.61 Å². The Hall–Kier alpha value is -1.78. The highest BCUT2D eigenvalue weighted by Crippen LogP contribution is 2.33. The summed E-state index contributed by atoms with van der Waals surface area (Å²) in [5.74, 6) is -0.676. The summed E-state index contributed by atoms with van der Waals surface area (Å²) in [4.78, 5) is 15.8. The first kappa shape index (κ1) is 12.7. The zero-order valence-corrected chi connectivity index (χ0v) is 10.5. The number of aliphatic hydroxyl groups is 1. The molecule has 1 heterocycles. The molecule has 1 aliphatic heterocycles. The molecule has 0 aromatic heterocycles. The highest BCUT2D eigenvalue weighted by Gasteiger charge is 2.30. The molecule has 1 aliphatic carbocycles. The van der Waals surface area contributed by atoms with Crippen LogP contribution in [0.1, 0.15) is 39.0 Å². The Morgan fingerprint density at radius 2 is 2.06 bits per heavy atom. The normalized spacial score (nSPS) is 20.2. The van der Waals surface area contributed by atoms with Crippen molar-refractivity contribution in [2.75, 3.05) is 6.61 Å². The highest BCUT2D eigenvalue weighted by molar-refractivity contribution is 6.21. The number of esters is 1. The molecule has 3 N–H and O–H groups in total. The molecule has 0 radical (unpaired) electrons. The van der Waals surface area contributed by atoms with Crippen molar-refractivity contribution in [3.63, 3.8) is 0 Å². The van der Waals surface area contributed by atoms with Crippen LogP contribution in [0.4, 0.5) is 0 Å². The van der Waals surface area contributed by atoms with E-state index in [0.29, 0.717) is 5.70 Å². The third kappa shape index (κ3) is 2.25. The van der Waals surface area contributed by atoms with Crippen molar-refractivity contribution in [3.8, 4) is 0 Å². The van der Waals surface area contributed by atoms with E-state index in [1.54, 1.807) is 6.92 Å². The first-order chi connectivity index (χ1) is 8.65. The predicted molar refractivity (Wildman–Crippen MR) is 68.0 cm³/mol. The van der Waals surface area contributed by atoms with Gasteiger partial charge in [-0.3, -0.25) is 0 Å². The van der Waals surface area contributed by atoms with E-state index in [2.05, 4.69) is 4.99 Å². The van der Waals surface area contributed by atoms with Crippen LogP contribution < -0.4 is 5.73 Å². The molecule has 2 aliphatic rings. The SMILES string of the molecule is CCOC(=O)C1=C(O)C(=C2CCCCC2)N=C1N. The third-order valence-corrected chi connectivity index (χ3v) is 3.22. The van der Waals surface area contributed by atoms with E-state index in [0.717, 1.165) is 31.3 Å². The van der Waals surface area contributed by atoms with E-state index >= 15 is 0 Å². The number of nitrogens with two attached hydrogens (primary N) is 1. The number of carbonyl (C=O) groups excluding carboxylic acids is 1. The van der Waals surface area contributed by atoms with E-state index in [-0.39, 0.29) is 23.8 Å². The van der Waals surface area contributed by atoms with Gasteiger partial charge in [-0.1, -0.05) is 6.42 Å². The molecule has 0 spiro atoms. The summed E-state index contributed by atoms with van der Waals surface area (Å²) in [5, 5.41) is 10.1. The van der Waals surface area contributed by atoms with Crippen molar-refractivity contribution in [1.29, 1.82) is 0 Å². The Bertz CT molecular complexity index is 453. The van der Waals surface area contributed by atoms with Crippen LogP contribution >= 0.6 is 0 Å². The molecule has 5 nitrogen and oxygen atoms in total. The summed E-state index contributed by atoms with van der Waals surface area (Å²) < 4.78 is 4.86. The Labute approximate surface area is 106 Å². The second-order valence-electron chi connectivity index (χ2n) is 4.45. The van der Waals surface area contributed by atoms with Gasteiger partial charge in [0, 0.05) is 0 Å². The minimum atomic E-state index is -0.609. The molecular formula is C13H18N2O3. The molecule has 0 amide bonds. The number of aliphatic hydroxyl groups excluding tert-OH is 1. The van der Waals surface area contributed by atoms with Gasteiger partial charge in [0.25, 0.3) is 0 Å². The number of carbonyl (C=O) groups is 1. The lowest BCUT2D eigenvalue weighted by Crippen LogP contribution is -2.21. The van der Waals surface area contributed by atoms with Crippen LogP contribution in [0.25, 0.3) is 0 Å². The first-order valence-electron chi connectivity index (χ1n) is 6.32. The molecule has 0 unspecified atom stereocenters. The summed E-state index contributed by atoms with van der Waals surface area (Å²) in [7, 11) is 0. The molecule has 0 atom stereocenters. The number of rotatable bonds is 2. The Balaban J connectivity index is 2.34. The van der Waals surface area contributed by atoms with Gasteiger partial charge in [0.1, 0.15) is 17.1 Å². The van der Waals surface area contributed by atoms with Crippen molar-refractivity contribution in [2.45, 2.75) is 39.0 Å². The van der Waals surface area contributed by atoms with E-state index in [4.69, 9.17) is 10.5 Å². The van der Waals surface area contributed by atoms with Gasteiger partial charge >= 0.3 is 5.97 Å². The lowest BCUT2D eigenvalue weighted by Gasteiger charge is -2.15. The maximum absolute atomic E-state index is 11.7. The molecule has 0 saturated heterocycles. The minimum Gasteiger partial charge on any atom is -0.505 e. The average Bonchev–Trinajstić information content (AvgIpc) is 2.66. The molecule has 98 valence electrons. The average molecular weight is 250 g/mol. The molecule has 18 heavy (non-hydrogen) atoms. The molecule has 1 fully saturated rings. The minimum absolute atomic E-state index is 0.00456. The van der Waals surface area contributed by atoms with E-state index < -0.39 is 5.97 Å². The van der Waals surface area contributed by atoms with Gasteiger partial charge in [-0.05, 0) is 38.2 Å². The standard InChI is InChI=1S/C13H18N2O3/c1-2-18-13(17)9-11(16)10(15-12(9)14)8-6-4-3-5-7-8/h16H,2-7H2,1H3,(H2,14,15). The number of amidine groups is 1. The van der Waals surface area contributed by atoms with Crippen LogP contribution in [0.3, 0.4) is 0 Å². The summed E-state index contributed by atoms with van der Waals surface area (Å²) >= 11 is 0. The summed E-state index contributed by atoms with van der Waals surface area (Å²) in [6.45, 7) is 1.95. The molecule has 0 aromatic rings. The monoisotopic (exact) mass is 250 g/mol. The molecule has 1 saturated carbocycles. The van der Waals surface area contributed by atoms with Gasteiger partial charge in [0.2, 0.25) is 0 Å². The van der Waals surface area contributed by atoms with Crippen molar-refractivity contribution in [1.82, 2.24) is 0 Å². The van der Waals surface area contributed by atoms with E-state index in [1.165, 1.54) is 6.42 Å². The zero-order valence-electron chi connectivity index (χ0n) is 10.5. The lowest BCUT2D eigenvalue weighted by atomic mass is 9.93. The summed E-state index contributed by atoms with van der Waals surface area (Å²) in [6, 6.07) is 0. The van der Waals surface area contributed by atoms with Crippen molar-refractivity contribution in [2.24, 2.45) is 10.7 Å². The van der Waals surface area contributed by atoms with Crippen LogP contribution in [0.5, 0.6) is 0 Å².